The first kappa shape index (κ1) is 11.1. The molecule has 0 N–H and O–H groups in total. The number of aliphatic imine (C=N–C) groups is 1. The Morgan fingerprint density at radius 2 is 2.00 bits per heavy atom. The maximum atomic E-state index is 4.71. The first-order chi connectivity index (χ1) is 8.93. The molecular formula is C16H16N2. The van der Waals surface area contributed by atoms with Crippen LogP contribution >= 0.6 is 0 Å². The van der Waals surface area contributed by atoms with Gasteiger partial charge in [-0.15, -0.1) is 0 Å². The zero-order valence-corrected chi connectivity index (χ0v) is 10.3. The second-order valence-electron chi connectivity index (χ2n) is 4.64. The third kappa shape index (κ3) is 2.33. The van der Waals surface area contributed by atoms with Gasteiger partial charge >= 0.3 is 0 Å². The van der Waals surface area contributed by atoms with Crippen LogP contribution in [-0.4, -0.2) is 11.2 Å². The molecule has 0 spiro atoms. The van der Waals surface area contributed by atoms with Gasteiger partial charge in [-0.05, 0) is 42.5 Å². The van der Waals surface area contributed by atoms with Crippen LogP contribution in [0.1, 0.15) is 35.7 Å². The minimum atomic E-state index is 0.303. The van der Waals surface area contributed by atoms with Gasteiger partial charge in [-0.25, -0.2) is 0 Å². The van der Waals surface area contributed by atoms with Gasteiger partial charge in [0.25, 0.3) is 0 Å². The molecule has 1 atom stereocenters. The van der Waals surface area contributed by atoms with Crippen molar-refractivity contribution in [1.82, 2.24) is 4.98 Å². The van der Waals surface area contributed by atoms with Gasteiger partial charge in [-0.3, -0.25) is 9.98 Å². The Balaban J connectivity index is 1.85. The van der Waals surface area contributed by atoms with Gasteiger partial charge in [0.15, 0.2) is 0 Å². The SMILES string of the molecule is C(=N\C1CCCc2ccccc21)/c1ccccn1. The van der Waals surface area contributed by atoms with Crippen LogP contribution in [0.25, 0.3) is 0 Å². The lowest BCUT2D eigenvalue weighted by atomic mass is 9.88. The Kier molecular flexibility index (Phi) is 3.18. The Morgan fingerprint density at radius 3 is 2.89 bits per heavy atom. The van der Waals surface area contributed by atoms with Gasteiger partial charge in [-0.1, -0.05) is 30.3 Å². The monoisotopic (exact) mass is 236 g/mol. The number of fused-ring (bicyclic) bond motifs is 1. The molecule has 0 radical (unpaired) electrons. The van der Waals surface area contributed by atoms with Gasteiger partial charge < -0.3 is 0 Å². The van der Waals surface area contributed by atoms with E-state index in [0.29, 0.717) is 6.04 Å². The van der Waals surface area contributed by atoms with Crippen molar-refractivity contribution in [1.29, 1.82) is 0 Å². The zero-order valence-electron chi connectivity index (χ0n) is 10.3. The van der Waals surface area contributed by atoms with E-state index in [1.165, 1.54) is 24.0 Å². The van der Waals surface area contributed by atoms with Crippen molar-refractivity contribution >= 4 is 6.21 Å². The summed E-state index contributed by atoms with van der Waals surface area (Å²) in [5.74, 6) is 0. The standard InChI is InChI=1S/C16H16N2/c1-2-9-15-13(6-1)7-5-10-16(15)18-12-14-8-3-4-11-17-14/h1-4,6,8-9,11-12,16H,5,7,10H2/b18-12+. The lowest BCUT2D eigenvalue weighted by Crippen LogP contribution is -2.08. The van der Waals surface area contributed by atoms with Gasteiger partial charge in [-0.2, -0.15) is 0 Å². The highest BCUT2D eigenvalue weighted by Crippen LogP contribution is 2.32. The molecule has 90 valence electrons. The molecule has 0 bridgehead atoms. The summed E-state index contributed by atoms with van der Waals surface area (Å²) in [5.41, 5.74) is 3.77. The molecule has 0 amide bonds. The van der Waals surface area contributed by atoms with E-state index in [2.05, 4.69) is 29.2 Å². The van der Waals surface area contributed by atoms with E-state index >= 15 is 0 Å². The van der Waals surface area contributed by atoms with Gasteiger partial charge in [0, 0.05) is 12.4 Å². The lowest BCUT2D eigenvalue weighted by molar-refractivity contribution is 0.574. The molecule has 1 aliphatic rings. The molecule has 1 unspecified atom stereocenters. The number of benzene rings is 1. The Morgan fingerprint density at radius 1 is 1.11 bits per heavy atom. The fourth-order valence-corrected chi connectivity index (χ4v) is 2.50. The van der Waals surface area contributed by atoms with Crippen molar-refractivity contribution < 1.29 is 0 Å². The summed E-state index contributed by atoms with van der Waals surface area (Å²) in [7, 11) is 0. The summed E-state index contributed by atoms with van der Waals surface area (Å²) < 4.78 is 0. The first-order valence-electron chi connectivity index (χ1n) is 6.45. The fraction of sp³-hybridized carbons (Fsp3) is 0.250. The number of rotatable bonds is 2. The fourth-order valence-electron chi connectivity index (χ4n) is 2.50. The largest absolute Gasteiger partial charge is 0.283 e. The topological polar surface area (TPSA) is 25.2 Å². The summed E-state index contributed by atoms with van der Waals surface area (Å²) in [6, 6.07) is 14.8. The van der Waals surface area contributed by atoms with Crippen molar-refractivity contribution in [2.75, 3.05) is 0 Å². The molecule has 2 aromatic rings. The number of aromatic nitrogens is 1. The molecule has 2 heteroatoms. The van der Waals surface area contributed by atoms with E-state index in [4.69, 9.17) is 4.99 Å². The van der Waals surface area contributed by atoms with Gasteiger partial charge in [0.1, 0.15) is 0 Å². The third-order valence-corrected chi connectivity index (χ3v) is 3.41. The van der Waals surface area contributed by atoms with Crippen LogP contribution in [0.3, 0.4) is 0 Å². The predicted molar refractivity (Wildman–Crippen MR) is 74.0 cm³/mol. The summed E-state index contributed by atoms with van der Waals surface area (Å²) in [4.78, 5) is 8.98. The predicted octanol–water partition coefficient (Wildman–Crippen LogP) is 3.58. The highest BCUT2D eigenvalue weighted by atomic mass is 14.8. The number of hydrogen-bond donors (Lipinski definition) is 0. The van der Waals surface area contributed by atoms with Crippen LogP contribution in [0.2, 0.25) is 0 Å². The molecule has 3 rings (SSSR count). The van der Waals surface area contributed by atoms with Crippen LogP contribution in [0.5, 0.6) is 0 Å². The molecule has 1 aromatic carbocycles. The van der Waals surface area contributed by atoms with Gasteiger partial charge in [0.2, 0.25) is 0 Å². The molecule has 0 fully saturated rings. The summed E-state index contributed by atoms with van der Waals surface area (Å²) in [5, 5.41) is 0. The summed E-state index contributed by atoms with van der Waals surface area (Å²) in [6.45, 7) is 0. The van der Waals surface area contributed by atoms with Crippen LogP contribution in [0, 0.1) is 0 Å². The molecule has 1 aliphatic carbocycles. The van der Waals surface area contributed by atoms with Crippen molar-refractivity contribution in [3.8, 4) is 0 Å². The average Bonchev–Trinajstić information content (AvgIpc) is 2.46. The van der Waals surface area contributed by atoms with E-state index < -0.39 is 0 Å². The van der Waals surface area contributed by atoms with Crippen molar-refractivity contribution in [3.63, 3.8) is 0 Å². The van der Waals surface area contributed by atoms with Crippen molar-refractivity contribution in [3.05, 3.63) is 65.5 Å². The van der Waals surface area contributed by atoms with Crippen molar-refractivity contribution in [2.45, 2.75) is 25.3 Å². The molecular weight excluding hydrogens is 220 g/mol. The maximum absolute atomic E-state index is 4.71. The van der Waals surface area contributed by atoms with Crippen LogP contribution in [0.15, 0.2) is 53.7 Å². The van der Waals surface area contributed by atoms with E-state index in [-0.39, 0.29) is 0 Å². The highest BCUT2D eigenvalue weighted by molar-refractivity contribution is 5.77. The normalized spacial score (nSPS) is 18.8. The smallest absolute Gasteiger partial charge is 0.0808 e. The molecule has 1 aromatic heterocycles. The minimum Gasteiger partial charge on any atom is -0.283 e. The highest BCUT2D eigenvalue weighted by Gasteiger charge is 2.17. The quantitative estimate of drug-likeness (QED) is 0.732. The molecule has 1 heterocycles. The Labute approximate surface area is 107 Å². The number of aryl methyl sites for hydroxylation is 1. The first-order valence-corrected chi connectivity index (χ1v) is 6.45. The molecule has 0 aliphatic heterocycles. The second kappa shape index (κ2) is 5.13. The van der Waals surface area contributed by atoms with E-state index in [9.17, 15) is 0 Å². The number of hydrogen-bond acceptors (Lipinski definition) is 2. The van der Waals surface area contributed by atoms with E-state index in [1.807, 2.05) is 24.4 Å². The number of pyridine rings is 1. The van der Waals surface area contributed by atoms with Crippen LogP contribution in [0.4, 0.5) is 0 Å². The average molecular weight is 236 g/mol. The van der Waals surface area contributed by atoms with Gasteiger partial charge in [0.05, 0.1) is 11.7 Å². The molecule has 0 saturated heterocycles. The van der Waals surface area contributed by atoms with E-state index in [1.54, 1.807) is 6.20 Å². The maximum Gasteiger partial charge on any atom is 0.0808 e. The Bertz CT molecular complexity index is 546. The van der Waals surface area contributed by atoms with E-state index in [0.717, 1.165) is 12.1 Å². The zero-order chi connectivity index (χ0) is 12.2. The number of nitrogens with zero attached hydrogens (tertiary/aromatic N) is 2. The lowest BCUT2D eigenvalue weighted by Gasteiger charge is -2.22. The molecule has 18 heavy (non-hydrogen) atoms. The summed E-state index contributed by atoms with van der Waals surface area (Å²) in [6.07, 6.45) is 7.25. The minimum absolute atomic E-state index is 0.303. The second-order valence-corrected chi connectivity index (χ2v) is 4.64. The molecule has 2 nitrogen and oxygen atoms in total. The Hall–Kier alpha value is -1.96. The van der Waals surface area contributed by atoms with Crippen LogP contribution < -0.4 is 0 Å². The van der Waals surface area contributed by atoms with Crippen LogP contribution in [-0.2, 0) is 6.42 Å². The summed E-state index contributed by atoms with van der Waals surface area (Å²) >= 11 is 0. The third-order valence-electron chi connectivity index (χ3n) is 3.41. The molecule has 0 saturated carbocycles. The van der Waals surface area contributed by atoms with Crippen molar-refractivity contribution in [2.24, 2.45) is 4.99 Å².